The molecule has 2 atom stereocenters. The molecule has 0 saturated heterocycles. The Balaban J connectivity index is 1.41. The van der Waals surface area contributed by atoms with Gasteiger partial charge in [0, 0.05) is 29.3 Å². The summed E-state index contributed by atoms with van der Waals surface area (Å²) >= 11 is 0. The van der Waals surface area contributed by atoms with Gasteiger partial charge in [0.25, 0.3) is 10.0 Å². The number of fused-ring (bicyclic) bond motifs is 4. The van der Waals surface area contributed by atoms with Gasteiger partial charge in [0.05, 0.1) is 23.2 Å². The van der Waals surface area contributed by atoms with Crippen LogP contribution in [0.5, 0.6) is 0 Å². The molecule has 226 valence electrons. The number of carbonyl (C=O) groups is 1. The van der Waals surface area contributed by atoms with E-state index in [-0.39, 0.29) is 56.4 Å². The second-order valence-corrected chi connectivity index (χ2v) is 13.1. The van der Waals surface area contributed by atoms with Gasteiger partial charge in [-0.3, -0.25) is 4.79 Å². The number of carboxylic acid groups (broad SMARTS) is 1. The predicted molar refractivity (Wildman–Crippen MR) is 154 cm³/mol. The zero-order valence-corrected chi connectivity index (χ0v) is 24.1. The number of hydrogen-bond donors (Lipinski definition) is 2. The van der Waals surface area contributed by atoms with E-state index in [1.807, 2.05) is 6.92 Å². The molecule has 8 rings (SSSR count). The molecule has 3 aliphatic rings. The fourth-order valence-electron chi connectivity index (χ4n) is 6.57. The van der Waals surface area contributed by atoms with Crippen molar-refractivity contribution in [1.82, 2.24) is 24.1 Å². The summed E-state index contributed by atoms with van der Waals surface area (Å²) < 4.78 is 64.2. The van der Waals surface area contributed by atoms with Crippen molar-refractivity contribution in [3.63, 3.8) is 0 Å². The minimum Gasteiger partial charge on any atom is -0.481 e. The first-order valence-corrected chi connectivity index (χ1v) is 15.5. The number of rotatable bonds is 7. The lowest BCUT2D eigenvalue weighted by Crippen LogP contribution is -2.51. The van der Waals surface area contributed by atoms with Gasteiger partial charge in [-0.2, -0.15) is 0 Å². The highest BCUT2D eigenvalue weighted by molar-refractivity contribution is 7.90. The lowest BCUT2D eigenvalue weighted by Gasteiger charge is -2.47. The Kier molecular flexibility index (Phi) is 6.68. The van der Waals surface area contributed by atoms with E-state index in [0.717, 1.165) is 47.5 Å². The monoisotopic (exact) mass is 620 g/mol. The van der Waals surface area contributed by atoms with Gasteiger partial charge < -0.3 is 14.9 Å². The van der Waals surface area contributed by atoms with E-state index in [9.17, 15) is 22.7 Å². The summed E-state index contributed by atoms with van der Waals surface area (Å²) in [5.74, 6) is -3.85. The van der Waals surface area contributed by atoms with Crippen molar-refractivity contribution >= 4 is 32.8 Å². The molecule has 5 aromatic rings. The minimum absolute atomic E-state index is 0.00694. The maximum atomic E-state index is 16.1. The molecule has 1 aromatic carbocycles. The van der Waals surface area contributed by atoms with Gasteiger partial charge in [0.1, 0.15) is 5.82 Å². The van der Waals surface area contributed by atoms with Crippen molar-refractivity contribution in [1.29, 1.82) is 0 Å². The molecule has 4 aromatic heterocycles. The van der Waals surface area contributed by atoms with Crippen molar-refractivity contribution in [2.24, 2.45) is 17.8 Å². The lowest BCUT2D eigenvalue weighted by atomic mass is 9.61. The van der Waals surface area contributed by atoms with Crippen molar-refractivity contribution in [3.05, 3.63) is 72.2 Å². The fourth-order valence-corrected chi connectivity index (χ4v) is 7.90. The smallest absolute Gasteiger partial charge is 0.308 e. The number of anilines is 1. The van der Waals surface area contributed by atoms with Crippen LogP contribution in [0.2, 0.25) is 0 Å². The average Bonchev–Trinajstić information content (AvgIpc) is 3.68. The number of aliphatic carboxylic acids is 1. The molecule has 2 bridgehead atoms. The average molecular weight is 621 g/mol. The second-order valence-electron chi connectivity index (χ2n) is 11.3. The summed E-state index contributed by atoms with van der Waals surface area (Å²) in [6.45, 7) is 1.82. The molecule has 44 heavy (non-hydrogen) atoms. The van der Waals surface area contributed by atoms with Crippen LogP contribution in [0.1, 0.15) is 31.2 Å². The number of halogens is 2. The maximum Gasteiger partial charge on any atom is 0.308 e. The van der Waals surface area contributed by atoms with E-state index >= 15 is 4.39 Å². The standard InChI is InChI=1S/C30H26F2N6O5S/c1-15-2-8-19(9-3-15)44(41,42)38-14-21(20-12-18(31)13-33-29(20)38)27-36-26(22-10-11-34-43-22)24(32)28(37-27)35-25-17-6-4-16(5-7-17)23(25)30(39)40/h2-3,8-14,16-17,23,25H,4-7H2,1H3,(H,39,40)(H,35,36,37). The first kappa shape index (κ1) is 28.1. The largest absolute Gasteiger partial charge is 0.481 e. The molecular formula is C30H26F2N6O5S. The second kappa shape index (κ2) is 10.5. The lowest BCUT2D eigenvalue weighted by molar-refractivity contribution is -0.148. The SMILES string of the molecule is Cc1ccc(S(=O)(=O)n2cc(-c3nc(NC4C5CCC(CC5)C4C(=O)O)c(F)c(-c4ccno4)n3)c3cc(F)cnc32)cc1. The number of pyridine rings is 1. The Morgan fingerprint density at radius 2 is 1.80 bits per heavy atom. The summed E-state index contributed by atoms with van der Waals surface area (Å²) in [4.78, 5) is 25.1. The van der Waals surface area contributed by atoms with Gasteiger partial charge in [-0.05, 0) is 62.6 Å². The summed E-state index contributed by atoms with van der Waals surface area (Å²) in [6, 6.07) is 8.12. The third-order valence-corrected chi connectivity index (χ3v) is 10.4. The molecule has 2 N–H and O–H groups in total. The van der Waals surface area contributed by atoms with Crippen LogP contribution in [0.15, 0.2) is 64.4 Å². The number of nitrogens with one attached hydrogen (secondary N) is 1. The number of benzene rings is 1. The topological polar surface area (TPSA) is 153 Å². The molecule has 3 fully saturated rings. The first-order chi connectivity index (χ1) is 21.1. The van der Waals surface area contributed by atoms with Crippen LogP contribution in [0.3, 0.4) is 0 Å². The molecule has 0 spiro atoms. The summed E-state index contributed by atoms with van der Waals surface area (Å²) in [5, 5.41) is 16.8. The molecule has 11 nitrogen and oxygen atoms in total. The highest BCUT2D eigenvalue weighted by atomic mass is 32.2. The number of nitrogens with zero attached hydrogens (tertiary/aromatic N) is 5. The Morgan fingerprint density at radius 3 is 2.48 bits per heavy atom. The molecule has 14 heteroatoms. The van der Waals surface area contributed by atoms with Gasteiger partial charge in [-0.1, -0.05) is 22.9 Å². The highest BCUT2D eigenvalue weighted by Gasteiger charge is 2.47. The third-order valence-electron chi connectivity index (χ3n) is 8.73. The Morgan fingerprint density at radius 1 is 1.07 bits per heavy atom. The number of aromatic nitrogens is 5. The summed E-state index contributed by atoms with van der Waals surface area (Å²) in [6.07, 6.45) is 6.60. The number of carboxylic acids is 1. The Bertz CT molecular complexity index is 2010. The first-order valence-electron chi connectivity index (χ1n) is 14.1. The van der Waals surface area contributed by atoms with Crippen LogP contribution in [0.4, 0.5) is 14.6 Å². The Hall–Kier alpha value is -4.72. The summed E-state index contributed by atoms with van der Waals surface area (Å²) in [7, 11) is -4.21. The minimum atomic E-state index is -4.21. The molecular weight excluding hydrogens is 594 g/mol. The molecule has 3 aliphatic carbocycles. The van der Waals surface area contributed by atoms with E-state index < -0.39 is 39.6 Å². The number of aryl methyl sites for hydroxylation is 1. The Labute approximate surface area is 250 Å². The van der Waals surface area contributed by atoms with Crippen molar-refractivity contribution in [3.8, 4) is 22.8 Å². The molecule has 2 unspecified atom stereocenters. The van der Waals surface area contributed by atoms with Crippen molar-refractivity contribution < 1.29 is 31.6 Å². The maximum absolute atomic E-state index is 16.1. The third kappa shape index (κ3) is 4.60. The van der Waals surface area contributed by atoms with Crippen LogP contribution in [0.25, 0.3) is 33.9 Å². The van der Waals surface area contributed by atoms with Gasteiger partial charge in [0.15, 0.2) is 34.6 Å². The zero-order valence-electron chi connectivity index (χ0n) is 23.3. The van der Waals surface area contributed by atoms with E-state index in [2.05, 4.69) is 25.4 Å². The van der Waals surface area contributed by atoms with Crippen molar-refractivity contribution in [2.45, 2.75) is 43.5 Å². The van der Waals surface area contributed by atoms with Gasteiger partial charge in [-0.25, -0.2) is 36.1 Å². The molecule has 0 amide bonds. The van der Waals surface area contributed by atoms with E-state index in [4.69, 9.17) is 4.52 Å². The molecule has 3 saturated carbocycles. The molecule has 4 heterocycles. The summed E-state index contributed by atoms with van der Waals surface area (Å²) in [5.41, 5.74) is 0.556. The van der Waals surface area contributed by atoms with Crippen LogP contribution >= 0.6 is 0 Å². The zero-order chi connectivity index (χ0) is 30.7. The van der Waals surface area contributed by atoms with Gasteiger partial charge in [0.2, 0.25) is 0 Å². The van der Waals surface area contributed by atoms with Gasteiger partial charge in [-0.15, -0.1) is 0 Å². The molecule has 0 aliphatic heterocycles. The van der Waals surface area contributed by atoms with Crippen molar-refractivity contribution in [2.75, 3.05) is 5.32 Å². The predicted octanol–water partition coefficient (Wildman–Crippen LogP) is 5.27. The van der Waals surface area contributed by atoms with Crippen LogP contribution in [-0.2, 0) is 14.8 Å². The van der Waals surface area contributed by atoms with Crippen LogP contribution in [-0.4, -0.2) is 49.6 Å². The van der Waals surface area contributed by atoms with E-state index in [1.165, 1.54) is 30.6 Å². The molecule has 0 radical (unpaired) electrons. The fraction of sp³-hybridized carbons (Fsp3) is 0.300. The van der Waals surface area contributed by atoms with E-state index in [0.29, 0.717) is 0 Å². The van der Waals surface area contributed by atoms with Crippen LogP contribution in [0, 0.1) is 36.3 Å². The highest BCUT2D eigenvalue weighted by Crippen LogP contribution is 2.47. The van der Waals surface area contributed by atoms with E-state index in [1.54, 1.807) is 12.1 Å². The van der Waals surface area contributed by atoms with Gasteiger partial charge >= 0.3 is 5.97 Å². The quantitative estimate of drug-likeness (QED) is 0.246. The van der Waals surface area contributed by atoms with Crippen LogP contribution < -0.4 is 5.32 Å². The number of hydrogen-bond acceptors (Lipinski definition) is 9. The normalized spacial score (nSPS) is 21.5.